The van der Waals surface area contributed by atoms with Gasteiger partial charge < -0.3 is 25.2 Å². The van der Waals surface area contributed by atoms with Crippen molar-refractivity contribution in [3.8, 4) is 5.75 Å². The summed E-state index contributed by atoms with van der Waals surface area (Å²) in [5.41, 5.74) is 2.19. The van der Waals surface area contributed by atoms with Gasteiger partial charge in [0.15, 0.2) is 5.96 Å². The lowest BCUT2D eigenvalue weighted by molar-refractivity contribution is 0.312. The number of benzene rings is 1. The molecule has 1 fully saturated rings. The van der Waals surface area contributed by atoms with Crippen molar-refractivity contribution in [1.82, 2.24) is 20.5 Å². The molecule has 0 saturated carbocycles. The summed E-state index contributed by atoms with van der Waals surface area (Å²) in [4.78, 5) is 14.0. The van der Waals surface area contributed by atoms with Crippen LogP contribution in [0.15, 0.2) is 47.6 Å². The van der Waals surface area contributed by atoms with Crippen molar-refractivity contribution in [2.45, 2.75) is 20.0 Å². The van der Waals surface area contributed by atoms with Gasteiger partial charge in [0.1, 0.15) is 11.6 Å². The number of hydrogen-bond acceptors (Lipinski definition) is 5. The highest BCUT2D eigenvalue weighted by atomic mass is 16.5. The number of aliphatic imine (C=N–C) groups is 1. The number of anilines is 1. The second-order valence-electron chi connectivity index (χ2n) is 7.18. The van der Waals surface area contributed by atoms with Crippen molar-refractivity contribution >= 4 is 11.8 Å². The zero-order chi connectivity index (χ0) is 20.5. The van der Waals surface area contributed by atoms with E-state index in [1.54, 1.807) is 7.11 Å². The molecule has 0 radical (unpaired) electrons. The molecule has 0 atom stereocenters. The Labute approximate surface area is 173 Å². The van der Waals surface area contributed by atoms with Crippen LogP contribution in [0.25, 0.3) is 0 Å². The maximum Gasteiger partial charge on any atom is 0.191 e. The highest BCUT2D eigenvalue weighted by molar-refractivity contribution is 5.79. The Hall–Kier alpha value is -2.80. The van der Waals surface area contributed by atoms with Gasteiger partial charge in [-0.05, 0) is 31.7 Å². The second-order valence-corrected chi connectivity index (χ2v) is 7.18. The lowest BCUT2D eigenvalue weighted by atomic mass is 10.2. The van der Waals surface area contributed by atoms with Gasteiger partial charge in [-0.1, -0.05) is 24.3 Å². The van der Waals surface area contributed by atoms with Crippen molar-refractivity contribution in [2.75, 3.05) is 51.8 Å². The molecule has 2 N–H and O–H groups in total. The van der Waals surface area contributed by atoms with E-state index in [0.29, 0.717) is 13.1 Å². The van der Waals surface area contributed by atoms with Crippen LogP contribution in [0, 0.1) is 0 Å². The number of piperazine rings is 1. The van der Waals surface area contributed by atoms with Crippen LogP contribution >= 0.6 is 0 Å². The van der Waals surface area contributed by atoms with E-state index in [-0.39, 0.29) is 0 Å². The molecule has 1 saturated heterocycles. The first-order valence-corrected chi connectivity index (χ1v) is 10.2. The number of nitrogens with one attached hydrogen (secondary N) is 2. The molecule has 7 nitrogen and oxygen atoms in total. The van der Waals surface area contributed by atoms with E-state index in [0.717, 1.165) is 61.4 Å². The largest absolute Gasteiger partial charge is 0.496 e. The molecule has 156 valence electrons. The third-order valence-corrected chi connectivity index (χ3v) is 5.04. The summed E-state index contributed by atoms with van der Waals surface area (Å²) in [6, 6.07) is 12.2. The van der Waals surface area contributed by atoms with Crippen molar-refractivity contribution in [2.24, 2.45) is 4.99 Å². The Bertz CT molecular complexity index is 784. The van der Waals surface area contributed by atoms with Crippen LogP contribution in [-0.2, 0) is 13.1 Å². The summed E-state index contributed by atoms with van der Waals surface area (Å²) in [5.74, 6) is 2.70. The van der Waals surface area contributed by atoms with Crippen LogP contribution in [-0.4, -0.2) is 62.7 Å². The van der Waals surface area contributed by atoms with Crippen LogP contribution in [0.4, 0.5) is 5.82 Å². The van der Waals surface area contributed by atoms with Gasteiger partial charge >= 0.3 is 0 Å². The van der Waals surface area contributed by atoms with Gasteiger partial charge in [0.05, 0.1) is 13.7 Å². The fourth-order valence-electron chi connectivity index (χ4n) is 3.27. The third kappa shape index (κ3) is 6.09. The van der Waals surface area contributed by atoms with Crippen molar-refractivity contribution in [3.63, 3.8) is 0 Å². The van der Waals surface area contributed by atoms with Crippen LogP contribution in [0.5, 0.6) is 5.75 Å². The first-order chi connectivity index (χ1) is 14.2. The van der Waals surface area contributed by atoms with Crippen LogP contribution in [0.2, 0.25) is 0 Å². The molecule has 0 amide bonds. The molecule has 1 aliphatic heterocycles. The number of aromatic nitrogens is 1. The predicted molar refractivity (Wildman–Crippen MR) is 119 cm³/mol. The minimum Gasteiger partial charge on any atom is -0.496 e. The standard InChI is InChI=1S/C22H32N6O/c1-4-23-22(26-17-19-7-5-6-8-20(19)29-3)25-16-18-9-10-21(24-15-18)28-13-11-27(2)12-14-28/h5-10,15H,4,11-14,16-17H2,1-3H3,(H2,23,25,26). The Kier molecular flexibility index (Phi) is 7.69. The summed E-state index contributed by atoms with van der Waals surface area (Å²) in [6.07, 6.45) is 1.93. The number of pyridine rings is 1. The van der Waals surface area contributed by atoms with Crippen LogP contribution < -0.4 is 20.3 Å². The Morgan fingerprint density at radius 1 is 1.10 bits per heavy atom. The first kappa shape index (κ1) is 20.9. The Morgan fingerprint density at radius 2 is 1.90 bits per heavy atom. The van der Waals surface area contributed by atoms with Gasteiger partial charge in [0.2, 0.25) is 0 Å². The highest BCUT2D eigenvalue weighted by Gasteiger charge is 2.14. The first-order valence-electron chi connectivity index (χ1n) is 10.2. The predicted octanol–water partition coefficient (Wildman–Crippen LogP) is 2.10. The molecule has 0 spiro atoms. The summed E-state index contributed by atoms with van der Waals surface area (Å²) in [7, 11) is 3.85. The highest BCUT2D eigenvalue weighted by Crippen LogP contribution is 2.17. The summed E-state index contributed by atoms with van der Waals surface area (Å²) < 4.78 is 5.42. The monoisotopic (exact) mass is 396 g/mol. The van der Waals surface area contributed by atoms with Gasteiger partial charge in [0, 0.05) is 51.0 Å². The SMILES string of the molecule is CCNC(=NCc1ccc(N2CCN(C)CC2)nc1)NCc1ccccc1OC. The maximum atomic E-state index is 5.42. The lowest BCUT2D eigenvalue weighted by Gasteiger charge is -2.33. The van der Waals surface area contributed by atoms with Gasteiger partial charge in [-0.3, -0.25) is 0 Å². The Balaban J connectivity index is 1.58. The minimum atomic E-state index is 0.581. The number of guanidine groups is 1. The molecule has 0 bridgehead atoms. The van der Waals surface area contributed by atoms with E-state index in [1.165, 1.54) is 0 Å². The summed E-state index contributed by atoms with van der Waals surface area (Å²) in [6.45, 7) is 8.31. The minimum absolute atomic E-state index is 0.581. The molecule has 1 aliphatic rings. The van der Waals surface area contributed by atoms with Crippen LogP contribution in [0.3, 0.4) is 0 Å². The summed E-state index contributed by atoms with van der Waals surface area (Å²) >= 11 is 0. The number of methoxy groups -OCH3 is 1. The maximum absolute atomic E-state index is 5.42. The zero-order valence-electron chi connectivity index (χ0n) is 17.7. The number of hydrogen-bond donors (Lipinski definition) is 2. The molecule has 0 unspecified atom stereocenters. The van der Waals surface area contributed by atoms with Crippen molar-refractivity contribution in [3.05, 3.63) is 53.7 Å². The van der Waals surface area contributed by atoms with Crippen LogP contribution in [0.1, 0.15) is 18.1 Å². The summed E-state index contributed by atoms with van der Waals surface area (Å²) in [5, 5.41) is 6.67. The van der Waals surface area contributed by atoms with E-state index in [2.05, 4.69) is 57.6 Å². The topological polar surface area (TPSA) is 65.0 Å². The molecular weight excluding hydrogens is 364 g/mol. The zero-order valence-corrected chi connectivity index (χ0v) is 17.7. The van der Waals surface area contributed by atoms with Crippen molar-refractivity contribution in [1.29, 1.82) is 0 Å². The molecule has 2 aromatic rings. The molecule has 1 aromatic heterocycles. The molecule has 7 heteroatoms. The molecule has 0 aliphatic carbocycles. The number of rotatable bonds is 7. The average molecular weight is 397 g/mol. The molecule has 1 aromatic carbocycles. The quantitative estimate of drug-likeness (QED) is 0.552. The normalized spacial score (nSPS) is 15.3. The number of para-hydroxylation sites is 1. The van der Waals surface area contributed by atoms with E-state index >= 15 is 0 Å². The van der Waals surface area contributed by atoms with E-state index in [1.807, 2.05) is 24.4 Å². The average Bonchev–Trinajstić information content (AvgIpc) is 2.77. The molecule has 3 rings (SSSR count). The lowest BCUT2D eigenvalue weighted by Crippen LogP contribution is -2.44. The smallest absolute Gasteiger partial charge is 0.191 e. The van der Waals surface area contributed by atoms with Gasteiger partial charge in [-0.15, -0.1) is 0 Å². The van der Waals surface area contributed by atoms with Gasteiger partial charge in [0.25, 0.3) is 0 Å². The second kappa shape index (κ2) is 10.7. The van der Waals surface area contributed by atoms with E-state index < -0.39 is 0 Å². The van der Waals surface area contributed by atoms with E-state index in [4.69, 9.17) is 9.73 Å². The molecule has 29 heavy (non-hydrogen) atoms. The van der Waals surface area contributed by atoms with Gasteiger partial charge in [-0.2, -0.15) is 0 Å². The van der Waals surface area contributed by atoms with Gasteiger partial charge in [-0.25, -0.2) is 9.98 Å². The molecular formula is C22H32N6O. The number of ether oxygens (including phenoxy) is 1. The number of likely N-dealkylation sites (N-methyl/N-ethyl adjacent to an activating group) is 1. The number of nitrogens with zero attached hydrogens (tertiary/aromatic N) is 4. The fourth-order valence-corrected chi connectivity index (χ4v) is 3.27. The fraction of sp³-hybridized carbons (Fsp3) is 0.455. The van der Waals surface area contributed by atoms with E-state index in [9.17, 15) is 0 Å². The molecule has 2 heterocycles. The van der Waals surface area contributed by atoms with Crippen molar-refractivity contribution < 1.29 is 4.74 Å². The Morgan fingerprint density at radius 3 is 2.59 bits per heavy atom. The third-order valence-electron chi connectivity index (χ3n) is 5.04.